The lowest BCUT2D eigenvalue weighted by Gasteiger charge is -2.19. The SMILES string of the molecule is CCc1c(OC)cccc1C(=O)NCC(C)(C)C. The normalized spacial score (nSPS) is 11.2. The molecule has 1 aromatic carbocycles. The standard InChI is InChI=1S/C15H23NO2/c1-6-11-12(8-7-9-13(11)18-5)14(17)16-10-15(2,3)4/h7-9H,6,10H2,1-5H3,(H,16,17). The maximum absolute atomic E-state index is 12.2. The summed E-state index contributed by atoms with van der Waals surface area (Å²) < 4.78 is 5.29. The summed E-state index contributed by atoms with van der Waals surface area (Å²) in [5.41, 5.74) is 1.76. The molecular formula is C15H23NO2. The molecular weight excluding hydrogens is 226 g/mol. The molecule has 0 atom stereocenters. The molecule has 1 aromatic rings. The summed E-state index contributed by atoms with van der Waals surface area (Å²) in [6, 6.07) is 5.59. The van der Waals surface area contributed by atoms with Crippen LogP contribution in [0.1, 0.15) is 43.6 Å². The molecule has 0 saturated carbocycles. The van der Waals surface area contributed by atoms with Gasteiger partial charge in [-0.3, -0.25) is 4.79 Å². The van der Waals surface area contributed by atoms with Gasteiger partial charge >= 0.3 is 0 Å². The average molecular weight is 249 g/mol. The number of amides is 1. The first-order chi connectivity index (χ1) is 8.39. The first kappa shape index (κ1) is 14.6. The number of carbonyl (C=O) groups excluding carboxylic acids is 1. The van der Waals surface area contributed by atoms with Crippen LogP contribution in [0.15, 0.2) is 18.2 Å². The third kappa shape index (κ3) is 3.76. The summed E-state index contributed by atoms with van der Waals surface area (Å²) in [6.07, 6.45) is 0.780. The molecule has 3 nitrogen and oxygen atoms in total. The van der Waals surface area contributed by atoms with Crippen LogP contribution in [0.4, 0.5) is 0 Å². The van der Waals surface area contributed by atoms with Crippen LogP contribution < -0.4 is 10.1 Å². The number of ether oxygens (including phenoxy) is 1. The highest BCUT2D eigenvalue weighted by atomic mass is 16.5. The summed E-state index contributed by atoms with van der Waals surface area (Å²) >= 11 is 0. The molecule has 0 heterocycles. The molecule has 1 amide bonds. The molecule has 0 saturated heterocycles. The lowest BCUT2D eigenvalue weighted by molar-refractivity contribution is 0.0938. The molecule has 18 heavy (non-hydrogen) atoms. The van der Waals surface area contributed by atoms with E-state index in [4.69, 9.17) is 4.74 Å². The molecule has 1 rings (SSSR count). The largest absolute Gasteiger partial charge is 0.496 e. The Hall–Kier alpha value is -1.51. The van der Waals surface area contributed by atoms with Crippen molar-refractivity contribution in [3.05, 3.63) is 29.3 Å². The van der Waals surface area contributed by atoms with Gasteiger partial charge in [-0.2, -0.15) is 0 Å². The van der Waals surface area contributed by atoms with Gasteiger partial charge < -0.3 is 10.1 Å². The number of rotatable bonds is 4. The Morgan fingerprint density at radius 3 is 2.50 bits per heavy atom. The Balaban J connectivity index is 2.92. The molecule has 0 unspecified atom stereocenters. The average Bonchev–Trinajstić information content (AvgIpc) is 2.33. The molecule has 0 radical (unpaired) electrons. The Morgan fingerprint density at radius 2 is 2.00 bits per heavy atom. The van der Waals surface area contributed by atoms with Gasteiger partial charge in [0.1, 0.15) is 5.75 Å². The van der Waals surface area contributed by atoms with E-state index in [2.05, 4.69) is 26.1 Å². The van der Waals surface area contributed by atoms with Crippen molar-refractivity contribution in [2.45, 2.75) is 34.1 Å². The first-order valence-corrected chi connectivity index (χ1v) is 6.33. The number of nitrogens with one attached hydrogen (secondary N) is 1. The zero-order chi connectivity index (χ0) is 13.8. The molecule has 0 aliphatic rings. The smallest absolute Gasteiger partial charge is 0.251 e. The van der Waals surface area contributed by atoms with E-state index in [1.165, 1.54) is 0 Å². The fourth-order valence-corrected chi connectivity index (χ4v) is 1.77. The predicted octanol–water partition coefficient (Wildman–Crippen LogP) is 3.03. The highest BCUT2D eigenvalue weighted by Gasteiger charge is 2.16. The van der Waals surface area contributed by atoms with Crippen molar-refractivity contribution in [3.63, 3.8) is 0 Å². The highest BCUT2D eigenvalue weighted by Crippen LogP contribution is 2.23. The Labute approximate surface area is 110 Å². The lowest BCUT2D eigenvalue weighted by atomic mass is 9.96. The first-order valence-electron chi connectivity index (χ1n) is 6.33. The topological polar surface area (TPSA) is 38.3 Å². The van der Waals surface area contributed by atoms with Gasteiger partial charge in [-0.05, 0) is 24.0 Å². The number of benzene rings is 1. The van der Waals surface area contributed by atoms with Gasteiger partial charge in [0.15, 0.2) is 0 Å². The van der Waals surface area contributed by atoms with Gasteiger partial charge in [0.2, 0.25) is 0 Å². The maximum atomic E-state index is 12.2. The van der Waals surface area contributed by atoms with E-state index in [1.54, 1.807) is 7.11 Å². The fourth-order valence-electron chi connectivity index (χ4n) is 1.77. The van der Waals surface area contributed by atoms with E-state index >= 15 is 0 Å². The van der Waals surface area contributed by atoms with Crippen molar-refractivity contribution in [2.75, 3.05) is 13.7 Å². The minimum Gasteiger partial charge on any atom is -0.496 e. The Morgan fingerprint density at radius 1 is 1.33 bits per heavy atom. The molecule has 0 aliphatic heterocycles. The second kappa shape index (κ2) is 5.89. The molecule has 0 fully saturated rings. The number of methoxy groups -OCH3 is 1. The summed E-state index contributed by atoms with van der Waals surface area (Å²) in [5, 5.41) is 2.97. The molecule has 0 aromatic heterocycles. The van der Waals surface area contributed by atoms with E-state index < -0.39 is 0 Å². The summed E-state index contributed by atoms with van der Waals surface area (Å²) in [6.45, 7) is 8.98. The Bertz CT molecular complexity index is 419. The van der Waals surface area contributed by atoms with E-state index in [0.29, 0.717) is 12.1 Å². The second-order valence-corrected chi connectivity index (χ2v) is 5.58. The molecule has 0 spiro atoms. The van der Waals surface area contributed by atoms with Crippen molar-refractivity contribution >= 4 is 5.91 Å². The zero-order valence-corrected chi connectivity index (χ0v) is 12.0. The second-order valence-electron chi connectivity index (χ2n) is 5.58. The van der Waals surface area contributed by atoms with Gasteiger partial charge in [0, 0.05) is 17.7 Å². The van der Waals surface area contributed by atoms with E-state index in [9.17, 15) is 4.79 Å². The summed E-state index contributed by atoms with van der Waals surface area (Å²) in [4.78, 5) is 12.2. The van der Waals surface area contributed by atoms with Crippen LogP contribution in [0.5, 0.6) is 5.75 Å². The van der Waals surface area contributed by atoms with Crippen LogP contribution >= 0.6 is 0 Å². The van der Waals surface area contributed by atoms with Crippen LogP contribution in [0.3, 0.4) is 0 Å². The Kier molecular flexibility index (Phi) is 4.76. The fraction of sp³-hybridized carbons (Fsp3) is 0.533. The third-order valence-electron chi connectivity index (χ3n) is 2.73. The van der Waals surface area contributed by atoms with Crippen LogP contribution in [0, 0.1) is 5.41 Å². The molecule has 3 heteroatoms. The van der Waals surface area contributed by atoms with Crippen LogP contribution in [-0.2, 0) is 6.42 Å². The predicted molar refractivity (Wildman–Crippen MR) is 74.2 cm³/mol. The van der Waals surface area contributed by atoms with Crippen LogP contribution in [-0.4, -0.2) is 19.6 Å². The number of hydrogen-bond acceptors (Lipinski definition) is 2. The summed E-state index contributed by atoms with van der Waals surface area (Å²) in [5.74, 6) is 0.751. The minimum atomic E-state index is -0.0272. The van der Waals surface area contributed by atoms with Gasteiger partial charge in [0.25, 0.3) is 5.91 Å². The zero-order valence-electron chi connectivity index (χ0n) is 12.0. The van der Waals surface area contributed by atoms with E-state index in [1.807, 2.05) is 25.1 Å². The van der Waals surface area contributed by atoms with Crippen molar-refractivity contribution in [1.29, 1.82) is 0 Å². The van der Waals surface area contributed by atoms with Gasteiger partial charge in [-0.1, -0.05) is 33.8 Å². The van der Waals surface area contributed by atoms with Crippen molar-refractivity contribution < 1.29 is 9.53 Å². The molecule has 0 bridgehead atoms. The quantitative estimate of drug-likeness (QED) is 0.890. The highest BCUT2D eigenvalue weighted by molar-refractivity contribution is 5.96. The van der Waals surface area contributed by atoms with Crippen LogP contribution in [0.25, 0.3) is 0 Å². The maximum Gasteiger partial charge on any atom is 0.251 e. The van der Waals surface area contributed by atoms with Crippen molar-refractivity contribution in [1.82, 2.24) is 5.32 Å². The monoisotopic (exact) mass is 249 g/mol. The number of carbonyl (C=O) groups is 1. The van der Waals surface area contributed by atoms with Crippen LogP contribution in [0.2, 0.25) is 0 Å². The van der Waals surface area contributed by atoms with Gasteiger partial charge in [0.05, 0.1) is 7.11 Å². The summed E-state index contributed by atoms with van der Waals surface area (Å²) in [7, 11) is 1.63. The van der Waals surface area contributed by atoms with Gasteiger partial charge in [-0.15, -0.1) is 0 Å². The van der Waals surface area contributed by atoms with Gasteiger partial charge in [-0.25, -0.2) is 0 Å². The molecule has 0 aliphatic carbocycles. The van der Waals surface area contributed by atoms with Crippen molar-refractivity contribution in [2.24, 2.45) is 5.41 Å². The lowest BCUT2D eigenvalue weighted by Crippen LogP contribution is -2.32. The van der Waals surface area contributed by atoms with Crippen molar-refractivity contribution in [3.8, 4) is 5.75 Å². The number of hydrogen-bond donors (Lipinski definition) is 1. The van der Waals surface area contributed by atoms with E-state index in [0.717, 1.165) is 17.7 Å². The molecule has 100 valence electrons. The third-order valence-corrected chi connectivity index (χ3v) is 2.73. The van der Waals surface area contributed by atoms with E-state index in [-0.39, 0.29) is 11.3 Å². The minimum absolute atomic E-state index is 0.0272. The molecule has 1 N–H and O–H groups in total.